The van der Waals surface area contributed by atoms with E-state index in [0.29, 0.717) is 5.56 Å². The number of ether oxygens (including phenoxy) is 5. The molecule has 1 aliphatic rings. The first-order valence-electron chi connectivity index (χ1n) is 10.8. The zero-order valence-corrected chi connectivity index (χ0v) is 20.4. The van der Waals surface area contributed by atoms with Crippen LogP contribution >= 0.6 is 0 Å². The van der Waals surface area contributed by atoms with E-state index in [9.17, 15) is 19.2 Å². The van der Waals surface area contributed by atoms with Gasteiger partial charge in [-0.25, -0.2) is 14.4 Å². The van der Waals surface area contributed by atoms with E-state index >= 15 is 0 Å². The van der Waals surface area contributed by atoms with Crippen LogP contribution in [0.2, 0.25) is 0 Å². The second kappa shape index (κ2) is 11.3. The van der Waals surface area contributed by atoms with Crippen molar-refractivity contribution in [2.24, 2.45) is 0 Å². The van der Waals surface area contributed by atoms with Crippen molar-refractivity contribution in [2.75, 3.05) is 27.9 Å². The fourth-order valence-corrected chi connectivity index (χ4v) is 3.30. The van der Waals surface area contributed by atoms with Crippen molar-refractivity contribution in [1.82, 2.24) is 10.2 Å². The van der Waals surface area contributed by atoms with E-state index in [4.69, 9.17) is 23.4 Å². The fraction of sp³-hybridized carbons (Fsp3) is 0.333. The molecule has 192 valence electrons. The number of amides is 3. The van der Waals surface area contributed by atoms with Crippen LogP contribution < -0.4 is 19.5 Å². The minimum Gasteiger partial charge on any atom is -0.493 e. The number of carbonyl (C=O) groups is 4. The Morgan fingerprint density at radius 3 is 2.36 bits per heavy atom. The van der Waals surface area contributed by atoms with Crippen LogP contribution in [0.4, 0.5) is 4.79 Å². The van der Waals surface area contributed by atoms with Crippen molar-refractivity contribution in [2.45, 2.75) is 26.5 Å². The largest absolute Gasteiger partial charge is 0.493 e. The summed E-state index contributed by atoms with van der Waals surface area (Å²) in [7, 11) is 4.02. The second-order valence-electron chi connectivity index (χ2n) is 7.40. The standard InChI is InChI=1S/C24H26N2O10/c1-6-34-22(28)13(2)35-20-18(31-3)10-14(11-19(20)32-4)9-16-21(27)26(24(30)25-16)12-15-7-8-17(36-15)23(29)33-5/h7-11,13H,6,12H2,1-5H3,(H,25,30)/b16-9-/t13-/m1/s1. The van der Waals surface area contributed by atoms with Gasteiger partial charge in [-0.1, -0.05) is 0 Å². The minimum atomic E-state index is -0.928. The summed E-state index contributed by atoms with van der Waals surface area (Å²) in [5.74, 6) is -1.02. The van der Waals surface area contributed by atoms with E-state index in [-0.39, 0.29) is 47.6 Å². The third kappa shape index (κ3) is 5.59. The van der Waals surface area contributed by atoms with Gasteiger partial charge in [0, 0.05) is 0 Å². The Morgan fingerprint density at radius 1 is 1.11 bits per heavy atom. The normalized spacial score (nSPS) is 14.9. The first kappa shape index (κ1) is 26.1. The van der Waals surface area contributed by atoms with Crippen LogP contribution in [0.5, 0.6) is 17.2 Å². The topological polar surface area (TPSA) is 143 Å². The van der Waals surface area contributed by atoms with E-state index in [1.165, 1.54) is 46.5 Å². The van der Waals surface area contributed by atoms with Crippen LogP contribution in [0.3, 0.4) is 0 Å². The number of rotatable bonds is 10. The number of imide groups is 1. The molecule has 1 atom stereocenters. The zero-order chi connectivity index (χ0) is 26.4. The molecule has 1 aliphatic heterocycles. The molecule has 2 heterocycles. The second-order valence-corrected chi connectivity index (χ2v) is 7.40. The van der Waals surface area contributed by atoms with Crippen molar-refractivity contribution in [3.8, 4) is 17.2 Å². The van der Waals surface area contributed by atoms with Gasteiger partial charge < -0.3 is 33.4 Å². The van der Waals surface area contributed by atoms with E-state index in [1.807, 2.05) is 0 Å². The first-order valence-corrected chi connectivity index (χ1v) is 10.8. The number of hydrogen-bond donors (Lipinski definition) is 1. The molecule has 1 N–H and O–H groups in total. The molecule has 1 fully saturated rings. The van der Waals surface area contributed by atoms with Crippen LogP contribution in [0, 0.1) is 0 Å². The summed E-state index contributed by atoms with van der Waals surface area (Å²) in [4.78, 5) is 49.8. The van der Waals surface area contributed by atoms with E-state index in [0.717, 1.165) is 4.90 Å². The summed E-state index contributed by atoms with van der Waals surface area (Å²) >= 11 is 0. The maximum absolute atomic E-state index is 12.9. The molecular formula is C24H26N2O10. The number of esters is 2. The fourth-order valence-electron chi connectivity index (χ4n) is 3.30. The Hall–Kier alpha value is -4.48. The average molecular weight is 502 g/mol. The lowest BCUT2D eigenvalue weighted by Crippen LogP contribution is -2.30. The predicted molar refractivity (Wildman–Crippen MR) is 123 cm³/mol. The molecule has 1 aromatic carbocycles. The highest BCUT2D eigenvalue weighted by Gasteiger charge is 2.34. The van der Waals surface area contributed by atoms with Gasteiger partial charge in [0.25, 0.3) is 5.91 Å². The summed E-state index contributed by atoms with van der Waals surface area (Å²) in [6.45, 7) is 3.23. The van der Waals surface area contributed by atoms with Gasteiger partial charge in [-0.3, -0.25) is 9.69 Å². The number of carbonyl (C=O) groups excluding carboxylic acids is 4. The molecule has 3 rings (SSSR count). The monoisotopic (exact) mass is 502 g/mol. The molecule has 1 aromatic heterocycles. The number of nitrogens with zero attached hydrogens (tertiary/aromatic N) is 1. The Morgan fingerprint density at radius 2 is 1.78 bits per heavy atom. The van der Waals surface area contributed by atoms with Crippen LogP contribution in [-0.2, 0) is 25.6 Å². The zero-order valence-electron chi connectivity index (χ0n) is 20.4. The van der Waals surface area contributed by atoms with E-state index < -0.39 is 30.0 Å². The summed E-state index contributed by atoms with van der Waals surface area (Å²) in [6.07, 6.45) is 0.508. The lowest BCUT2D eigenvalue weighted by molar-refractivity contribution is -0.150. The molecule has 0 spiro atoms. The first-order chi connectivity index (χ1) is 17.2. The average Bonchev–Trinajstić information content (AvgIpc) is 3.44. The van der Waals surface area contributed by atoms with Gasteiger partial charge >= 0.3 is 18.0 Å². The van der Waals surface area contributed by atoms with Crippen LogP contribution in [0.25, 0.3) is 6.08 Å². The molecule has 12 nitrogen and oxygen atoms in total. The van der Waals surface area contributed by atoms with Gasteiger partial charge in [-0.05, 0) is 49.8 Å². The molecule has 12 heteroatoms. The smallest absolute Gasteiger partial charge is 0.373 e. The molecule has 0 bridgehead atoms. The van der Waals surface area contributed by atoms with Crippen molar-refractivity contribution < 1.29 is 47.3 Å². The van der Waals surface area contributed by atoms with Crippen LogP contribution in [0.1, 0.15) is 35.7 Å². The maximum atomic E-state index is 12.9. The minimum absolute atomic E-state index is 0.00239. The summed E-state index contributed by atoms with van der Waals surface area (Å²) < 4.78 is 31.4. The third-order valence-corrected chi connectivity index (χ3v) is 5.03. The van der Waals surface area contributed by atoms with Gasteiger partial charge in [-0.15, -0.1) is 0 Å². The number of hydrogen-bond acceptors (Lipinski definition) is 10. The molecule has 3 amide bonds. The number of furan rings is 1. The molecule has 0 radical (unpaired) electrons. The highest BCUT2D eigenvalue weighted by Crippen LogP contribution is 2.40. The molecule has 36 heavy (non-hydrogen) atoms. The Bertz CT molecular complexity index is 1170. The summed E-state index contributed by atoms with van der Waals surface area (Å²) in [6, 6.07) is 5.31. The number of nitrogens with one attached hydrogen (secondary N) is 1. The Labute approximate surface area is 206 Å². The number of methoxy groups -OCH3 is 3. The van der Waals surface area contributed by atoms with Gasteiger partial charge in [0.1, 0.15) is 11.5 Å². The van der Waals surface area contributed by atoms with Crippen molar-refractivity contribution >= 4 is 30.0 Å². The van der Waals surface area contributed by atoms with Crippen LogP contribution in [0.15, 0.2) is 34.4 Å². The van der Waals surface area contributed by atoms with E-state index in [2.05, 4.69) is 10.1 Å². The third-order valence-electron chi connectivity index (χ3n) is 5.03. The van der Waals surface area contributed by atoms with Crippen LogP contribution in [-0.4, -0.2) is 62.8 Å². The predicted octanol–water partition coefficient (Wildman–Crippen LogP) is 2.51. The summed E-state index contributed by atoms with van der Waals surface area (Å²) in [5, 5.41) is 2.51. The lowest BCUT2D eigenvalue weighted by Gasteiger charge is -2.18. The highest BCUT2D eigenvalue weighted by atomic mass is 16.6. The van der Waals surface area contributed by atoms with Gasteiger partial charge in [0.15, 0.2) is 17.6 Å². The lowest BCUT2D eigenvalue weighted by atomic mass is 10.1. The Balaban J connectivity index is 1.83. The molecule has 1 saturated heterocycles. The molecule has 0 aliphatic carbocycles. The quantitative estimate of drug-likeness (QED) is 0.292. The van der Waals surface area contributed by atoms with Crippen molar-refractivity contribution in [1.29, 1.82) is 0 Å². The molecule has 0 unspecified atom stereocenters. The molecule has 2 aromatic rings. The van der Waals surface area contributed by atoms with Gasteiger partial charge in [0.2, 0.25) is 11.5 Å². The van der Waals surface area contributed by atoms with Crippen molar-refractivity contribution in [3.63, 3.8) is 0 Å². The molecule has 0 saturated carbocycles. The highest BCUT2D eigenvalue weighted by molar-refractivity contribution is 6.13. The van der Waals surface area contributed by atoms with Crippen molar-refractivity contribution in [3.05, 3.63) is 47.0 Å². The van der Waals surface area contributed by atoms with Gasteiger partial charge in [0.05, 0.1) is 34.5 Å². The Kier molecular flexibility index (Phi) is 8.20. The van der Waals surface area contributed by atoms with Gasteiger partial charge in [-0.2, -0.15) is 0 Å². The molecular weight excluding hydrogens is 476 g/mol. The van der Waals surface area contributed by atoms with E-state index in [1.54, 1.807) is 19.1 Å². The summed E-state index contributed by atoms with van der Waals surface area (Å²) in [5.41, 5.74) is 0.453. The number of urea groups is 1. The maximum Gasteiger partial charge on any atom is 0.373 e. The SMILES string of the molecule is CCOC(=O)[C@@H](C)Oc1c(OC)cc(/C=C2\NC(=O)N(Cc3ccc(C(=O)OC)o3)C2=O)cc1OC. The number of benzene rings is 1.